The van der Waals surface area contributed by atoms with Gasteiger partial charge in [0.1, 0.15) is 0 Å². The van der Waals surface area contributed by atoms with Crippen molar-refractivity contribution in [3.63, 3.8) is 0 Å². The molecule has 0 amide bonds. The summed E-state index contributed by atoms with van der Waals surface area (Å²) in [4.78, 5) is 2.44. The van der Waals surface area contributed by atoms with Gasteiger partial charge in [0.05, 0.1) is 11.4 Å². The maximum Gasteiger partial charge on any atom is 0.0635 e. The number of hydrogen-bond acceptors (Lipinski definition) is 2. The summed E-state index contributed by atoms with van der Waals surface area (Å²) in [7, 11) is 2.24. The first-order chi connectivity index (χ1) is 8.56. The summed E-state index contributed by atoms with van der Waals surface area (Å²) in [5.74, 6) is 1.49. The first-order valence-corrected chi connectivity index (χ1v) is 7.18. The fourth-order valence-corrected chi connectivity index (χ4v) is 3.50. The molecule has 0 saturated heterocycles. The van der Waals surface area contributed by atoms with Crippen LogP contribution in [0.4, 0.5) is 11.4 Å². The lowest BCUT2D eigenvalue weighted by Gasteiger charge is -2.38. The molecule has 18 heavy (non-hydrogen) atoms. The van der Waals surface area contributed by atoms with Gasteiger partial charge in [0.15, 0.2) is 0 Å². The Morgan fingerprint density at radius 1 is 1.11 bits per heavy atom. The van der Waals surface area contributed by atoms with Gasteiger partial charge < -0.3 is 10.2 Å². The number of fused-ring (bicyclic) bond motifs is 3. The Morgan fingerprint density at radius 2 is 1.83 bits per heavy atom. The number of benzene rings is 1. The molecule has 1 aromatic carbocycles. The number of nitrogens with one attached hydrogen (secondary N) is 1. The van der Waals surface area contributed by atoms with E-state index in [9.17, 15) is 0 Å². The van der Waals surface area contributed by atoms with Gasteiger partial charge in [-0.25, -0.2) is 0 Å². The summed E-state index contributed by atoms with van der Waals surface area (Å²) in [5.41, 5.74) is 5.89. The van der Waals surface area contributed by atoms with E-state index in [0.29, 0.717) is 6.04 Å². The maximum atomic E-state index is 3.74. The highest BCUT2D eigenvalue weighted by Crippen LogP contribution is 2.41. The van der Waals surface area contributed by atoms with E-state index in [1.165, 1.54) is 41.9 Å². The number of anilines is 2. The Morgan fingerprint density at radius 3 is 2.61 bits per heavy atom. The van der Waals surface area contributed by atoms with Crippen LogP contribution in [0.5, 0.6) is 0 Å². The van der Waals surface area contributed by atoms with Crippen LogP contribution >= 0.6 is 0 Å². The summed E-state index contributed by atoms with van der Waals surface area (Å²) in [6.45, 7) is 8.16. The van der Waals surface area contributed by atoms with E-state index in [2.05, 4.69) is 50.2 Å². The lowest BCUT2D eigenvalue weighted by atomic mass is 9.85. The average molecular weight is 244 g/mol. The zero-order valence-electron chi connectivity index (χ0n) is 12.0. The minimum atomic E-state index is 0.580. The van der Waals surface area contributed by atoms with Crippen molar-refractivity contribution >= 4 is 11.4 Å². The molecule has 0 aromatic heterocycles. The Bertz CT molecular complexity index is 466. The quantitative estimate of drug-likeness (QED) is 0.753. The highest BCUT2D eigenvalue weighted by molar-refractivity contribution is 5.79. The molecule has 2 nitrogen and oxygen atoms in total. The first kappa shape index (κ1) is 11.9. The van der Waals surface area contributed by atoms with Crippen molar-refractivity contribution in [2.75, 3.05) is 23.8 Å². The minimum absolute atomic E-state index is 0.580. The van der Waals surface area contributed by atoms with Gasteiger partial charge >= 0.3 is 0 Å². The van der Waals surface area contributed by atoms with Crippen molar-refractivity contribution in [3.05, 3.63) is 23.3 Å². The zero-order chi connectivity index (χ0) is 12.9. The van der Waals surface area contributed by atoms with Gasteiger partial charge in [-0.15, -0.1) is 0 Å². The Hall–Kier alpha value is -1.18. The molecule has 0 radical (unpaired) electrons. The normalized spacial score (nSPS) is 30.4. The van der Waals surface area contributed by atoms with Crippen LogP contribution in [0.3, 0.4) is 0 Å². The number of hydrogen-bond donors (Lipinski definition) is 1. The van der Waals surface area contributed by atoms with Crippen molar-refractivity contribution in [2.24, 2.45) is 11.8 Å². The van der Waals surface area contributed by atoms with Gasteiger partial charge in [0, 0.05) is 19.6 Å². The molecule has 2 aliphatic rings. The molecular weight excluding hydrogens is 220 g/mol. The van der Waals surface area contributed by atoms with Crippen LogP contribution < -0.4 is 10.2 Å². The van der Waals surface area contributed by atoms with Crippen molar-refractivity contribution in [3.8, 4) is 0 Å². The lowest BCUT2D eigenvalue weighted by Crippen LogP contribution is -2.36. The molecule has 0 aliphatic carbocycles. The van der Waals surface area contributed by atoms with Crippen LogP contribution in [-0.4, -0.2) is 19.6 Å². The fourth-order valence-electron chi connectivity index (χ4n) is 3.50. The summed E-state index contributed by atoms with van der Waals surface area (Å²) in [6, 6.07) is 5.27. The van der Waals surface area contributed by atoms with Gasteiger partial charge in [-0.05, 0) is 42.7 Å². The van der Waals surface area contributed by atoms with Crippen LogP contribution in [0.1, 0.15) is 31.9 Å². The Labute approximate surface area is 110 Å². The minimum Gasteiger partial charge on any atom is -0.380 e. The topological polar surface area (TPSA) is 15.3 Å². The molecule has 2 aliphatic heterocycles. The smallest absolute Gasteiger partial charge is 0.0635 e. The van der Waals surface area contributed by atoms with Crippen LogP contribution in [0.25, 0.3) is 0 Å². The Balaban J connectivity index is 2.08. The molecule has 0 spiro atoms. The van der Waals surface area contributed by atoms with E-state index in [1.807, 2.05) is 0 Å². The summed E-state index contributed by atoms with van der Waals surface area (Å²) in [5, 5.41) is 3.74. The van der Waals surface area contributed by atoms with Crippen LogP contribution in [0.15, 0.2) is 12.1 Å². The van der Waals surface area contributed by atoms with Gasteiger partial charge in [0.25, 0.3) is 0 Å². The van der Waals surface area contributed by atoms with Gasteiger partial charge in [-0.2, -0.15) is 0 Å². The predicted octanol–water partition coefficient (Wildman–Crippen LogP) is 3.31. The molecule has 2 heteroatoms. The van der Waals surface area contributed by atoms with E-state index in [1.54, 1.807) is 0 Å². The highest BCUT2D eigenvalue weighted by Gasteiger charge is 2.28. The van der Waals surface area contributed by atoms with E-state index >= 15 is 0 Å². The van der Waals surface area contributed by atoms with E-state index in [-0.39, 0.29) is 0 Å². The summed E-state index contributed by atoms with van der Waals surface area (Å²) in [6.07, 6.45) is 2.43. The SMILES string of the molecule is CC1Cc2ccc3c(c2N(C)C1)NC(C)C(C)C3. The van der Waals surface area contributed by atoms with E-state index in [0.717, 1.165) is 11.8 Å². The van der Waals surface area contributed by atoms with Gasteiger partial charge in [-0.1, -0.05) is 26.0 Å². The first-order valence-electron chi connectivity index (χ1n) is 7.18. The van der Waals surface area contributed by atoms with Gasteiger partial charge in [-0.3, -0.25) is 0 Å². The third-order valence-corrected chi connectivity index (χ3v) is 4.65. The van der Waals surface area contributed by atoms with E-state index < -0.39 is 0 Å². The number of rotatable bonds is 0. The second kappa shape index (κ2) is 4.18. The van der Waals surface area contributed by atoms with E-state index in [4.69, 9.17) is 0 Å². The molecule has 1 N–H and O–H groups in total. The fraction of sp³-hybridized carbons (Fsp3) is 0.625. The molecule has 3 rings (SSSR count). The summed E-state index contributed by atoms with van der Waals surface area (Å²) >= 11 is 0. The van der Waals surface area contributed by atoms with Crippen LogP contribution in [0, 0.1) is 11.8 Å². The van der Waals surface area contributed by atoms with Gasteiger partial charge in [0.2, 0.25) is 0 Å². The van der Waals surface area contributed by atoms with Crippen molar-refractivity contribution in [1.29, 1.82) is 0 Å². The summed E-state index contributed by atoms with van der Waals surface area (Å²) < 4.78 is 0. The molecule has 3 atom stereocenters. The van der Waals surface area contributed by atoms with Crippen molar-refractivity contribution < 1.29 is 0 Å². The predicted molar refractivity (Wildman–Crippen MR) is 78.5 cm³/mol. The monoisotopic (exact) mass is 244 g/mol. The zero-order valence-corrected chi connectivity index (χ0v) is 12.0. The molecule has 2 heterocycles. The second-order valence-electron chi connectivity index (χ2n) is 6.41. The standard InChI is InChI=1S/C16H24N2/c1-10-7-14-6-5-13-8-11(2)12(3)17-15(13)16(14)18(4)9-10/h5-6,10-12,17H,7-9H2,1-4H3. The second-order valence-corrected chi connectivity index (χ2v) is 6.41. The highest BCUT2D eigenvalue weighted by atomic mass is 15.1. The molecule has 0 fully saturated rings. The molecule has 98 valence electrons. The maximum absolute atomic E-state index is 3.74. The molecular formula is C16H24N2. The molecule has 3 unspecified atom stereocenters. The van der Waals surface area contributed by atoms with Crippen LogP contribution in [0.2, 0.25) is 0 Å². The largest absolute Gasteiger partial charge is 0.380 e. The average Bonchev–Trinajstić information content (AvgIpc) is 2.30. The van der Waals surface area contributed by atoms with Crippen molar-refractivity contribution in [1.82, 2.24) is 0 Å². The Kier molecular flexibility index (Phi) is 2.76. The molecule has 0 bridgehead atoms. The van der Waals surface area contributed by atoms with Crippen molar-refractivity contribution in [2.45, 2.75) is 39.7 Å². The third-order valence-electron chi connectivity index (χ3n) is 4.65. The third kappa shape index (κ3) is 1.79. The molecule has 0 saturated carbocycles. The number of nitrogens with zero attached hydrogens (tertiary/aromatic N) is 1. The lowest BCUT2D eigenvalue weighted by molar-refractivity contribution is 0.489. The van der Waals surface area contributed by atoms with Crippen LogP contribution in [-0.2, 0) is 12.8 Å². The molecule has 1 aromatic rings.